The summed E-state index contributed by atoms with van der Waals surface area (Å²) in [5, 5.41) is 27.4. The summed E-state index contributed by atoms with van der Waals surface area (Å²) in [4.78, 5) is 0. The predicted molar refractivity (Wildman–Crippen MR) is 37.8 cm³/mol. The molecule has 1 fully saturated rings. The Hall–Kier alpha value is -0.160. The summed E-state index contributed by atoms with van der Waals surface area (Å²) >= 11 is 0. The van der Waals surface area contributed by atoms with Gasteiger partial charge in [0.05, 0.1) is 12.7 Å². The van der Waals surface area contributed by atoms with Crippen LogP contribution >= 0.6 is 0 Å². The standard InChI is InChI=1S/C7H14O4/c1-4-5(9)7(2,3-8)11-6(4)10/h4-6,8-10H,3H2,1-2H3/t4-,5+,6-,7-/m0/s1. The summed E-state index contributed by atoms with van der Waals surface area (Å²) in [6, 6.07) is 0. The van der Waals surface area contributed by atoms with Gasteiger partial charge >= 0.3 is 0 Å². The molecule has 1 heterocycles. The predicted octanol–water partition coefficient (Wildman–Crippen LogP) is -0.917. The van der Waals surface area contributed by atoms with Gasteiger partial charge in [-0.1, -0.05) is 6.92 Å². The Morgan fingerprint density at radius 2 is 2.00 bits per heavy atom. The zero-order valence-corrected chi connectivity index (χ0v) is 6.69. The van der Waals surface area contributed by atoms with E-state index in [0.717, 1.165) is 0 Å². The molecule has 0 aliphatic carbocycles. The lowest BCUT2D eigenvalue weighted by Gasteiger charge is -2.24. The Balaban J connectivity index is 2.73. The topological polar surface area (TPSA) is 69.9 Å². The molecular weight excluding hydrogens is 148 g/mol. The zero-order valence-electron chi connectivity index (χ0n) is 6.69. The lowest BCUT2D eigenvalue weighted by Crippen LogP contribution is -2.41. The Labute approximate surface area is 65.4 Å². The third-order valence-corrected chi connectivity index (χ3v) is 2.28. The fourth-order valence-corrected chi connectivity index (χ4v) is 1.30. The molecule has 4 heteroatoms. The quantitative estimate of drug-likeness (QED) is 0.466. The summed E-state index contributed by atoms with van der Waals surface area (Å²) < 4.78 is 4.98. The van der Waals surface area contributed by atoms with Gasteiger partial charge < -0.3 is 20.1 Å². The van der Waals surface area contributed by atoms with Crippen molar-refractivity contribution in [3.63, 3.8) is 0 Å². The third kappa shape index (κ3) is 1.27. The van der Waals surface area contributed by atoms with Gasteiger partial charge in [0.1, 0.15) is 5.60 Å². The molecular formula is C7H14O4. The molecule has 0 saturated carbocycles. The molecule has 66 valence electrons. The minimum absolute atomic E-state index is 0.282. The highest BCUT2D eigenvalue weighted by atomic mass is 16.6. The molecule has 0 aromatic rings. The Morgan fingerprint density at radius 3 is 2.18 bits per heavy atom. The average Bonchev–Trinajstić information content (AvgIpc) is 2.17. The van der Waals surface area contributed by atoms with Crippen molar-refractivity contribution in [1.82, 2.24) is 0 Å². The molecule has 0 amide bonds. The fraction of sp³-hybridized carbons (Fsp3) is 1.00. The smallest absolute Gasteiger partial charge is 0.160 e. The molecule has 0 radical (unpaired) electrons. The highest BCUT2D eigenvalue weighted by molar-refractivity contribution is 4.93. The van der Waals surface area contributed by atoms with Crippen LogP contribution in [-0.4, -0.2) is 39.9 Å². The zero-order chi connectivity index (χ0) is 8.65. The van der Waals surface area contributed by atoms with Gasteiger partial charge in [-0.3, -0.25) is 0 Å². The second kappa shape index (κ2) is 2.71. The van der Waals surface area contributed by atoms with Gasteiger partial charge in [0.25, 0.3) is 0 Å². The molecule has 4 nitrogen and oxygen atoms in total. The summed E-state index contributed by atoms with van der Waals surface area (Å²) in [6.07, 6.45) is -1.77. The van der Waals surface area contributed by atoms with Crippen LogP contribution in [0.15, 0.2) is 0 Å². The van der Waals surface area contributed by atoms with Gasteiger partial charge in [0.15, 0.2) is 6.29 Å². The average molecular weight is 162 g/mol. The maximum Gasteiger partial charge on any atom is 0.160 e. The Bertz CT molecular complexity index is 149. The van der Waals surface area contributed by atoms with E-state index in [1.165, 1.54) is 0 Å². The minimum Gasteiger partial charge on any atom is -0.393 e. The SMILES string of the molecule is C[C@H]1[C@@H](O)[C@](C)(CO)O[C@@H]1O. The number of rotatable bonds is 1. The second-order valence-corrected chi connectivity index (χ2v) is 3.28. The van der Waals surface area contributed by atoms with E-state index in [0.29, 0.717) is 0 Å². The first kappa shape index (κ1) is 8.93. The van der Waals surface area contributed by atoms with Crippen LogP contribution in [0.1, 0.15) is 13.8 Å². The monoisotopic (exact) mass is 162 g/mol. The van der Waals surface area contributed by atoms with Crippen molar-refractivity contribution in [2.75, 3.05) is 6.61 Å². The van der Waals surface area contributed by atoms with E-state index < -0.39 is 18.0 Å². The molecule has 0 aromatic carbocycles. The van der Waals surface area contributed by atoms with Crippen molar-refractivity contribution in [2.45, 2.75) is 31.8 Å². The van der Waals surface area contributed by atoms with Crippen LogP contribution in [0, 0.1) is 5.92 Å². The highest BCUT2D eigenvalue weighted by Crippen LogP contribution is 2.33. The number of aliphatic hydroxyl groups is 3. The molecule has 4 atom stereocenters. The van der Waals surface area contributed by atoms with Crippen molar-refractivity contribution in [2.24, 2.45) is 5.92 Å². The first-order valence-electron chi connectivity index (χ1n) is 3.66. The van der Waals surface area contributed by atoms with E-state index in [4.69, 9.17) is 14.9 Å². The largest absolute Gasteiger partial charge is 0.393 e. The van der Waals surface area contributed by atoms with E-state index >= 15 is 0 Å². The van der Waals surface area contributed by atoms with Gasteiger partial charge in [-0.05, 0) is 6.92 Å². The maximum atomic E-state index is 9.44. The van der Waals surface area contributed by atoms with Crippen LogP contribution in [-0.2, 0) is 4.74 Å². The van der Waals surface area contributed by atoms with Crippen molar-refractivity contribution >= 4 is 0 Å². The number of aliphatic hydroxyl groups excluding tert-OH is 3. The van der Waals surface area contributed by atoms with E-state index in [-0.39, 0.29) is 12.5 Å². The summed E-state index contributed by atoms with van der Waals surface area (Å²) in [5.74, 6) is -0.341. The maximum absolute atomic E-state index is 9.44. The molecule has 1 saturated heterocycles. The van der Waals surface area contributed by atoms with Crippen LogP contribution in [0.3, 0.4) is 0 Å². The van der Waals surface area contributed by atoms with Crippen molar-refractivity contribution in [3.8, 4) is 0 Å². The minimum atomic E-state index is -1.00. The van der Waals surface area contributed by atoms with E-state index in [9.17, 15) is 5.11 Å². The first-order chi connectivity index (χ1) is 5.01. The van der Waals surface area contributed by atoms with E-state index in [2.05, 4.69) is 0 Å². The molecule has 3 N–H and O–H groups in total. The van der Waals surface area contributed by atoms with Gasteiger partial charge in [-0.2, -0.15) is 0 Å². The summed E-state index contributed by atoms with van der Waals surface area (Å²) in [7, 11) is 0. The van der Waals surface area contributed by atoms with Crippen LogP contribution < -0.4 is 0 Å². The summed E-state index contributed by atoms with van der Waals surface area (Å²) in [6.45, 7) is 2.97. The van der Waals surface area contributed by atoms with Crippen LogP contribution in [0.4, 0.5) is 0 Å². The Morgan fingerprint density at radius 1 is 1.45 bits per heavy atom. The first-order valence-corrected chi connectivity index (χ1v) is 3.66. The van der Waals surface area contributed by atoms with Crippen LogP contribution in [0.5, 0.6) is 0 Å². The highest BCUT2D eigenvalue weighted by Gasteiger charge is 2.48. The normalized spacial score (nSPS) is 51.5. The van der Waals surface area contributed by atoms with Crippen molar-refractivity contribution in [3.05, 3.63) is 0 Å². The van der Waals surface area contributed by atoms with Crippen molar-refractivity contribution < 1.29 is 20.1 Å². The molecule has 0 unspecified atom stereocenters. The van der Waals surface area contributed by atoms with Gasteiger partial charge in [0, 0.05) is 5.92 Å². The van der Waals surface area contributed by atoms with Crippen LogP contribution in [0.25, 0.3) is 0 Å². The molecule has 1 rings (SSSR count). The lowest BCUT2D eigenvalue weighted by molar-refractivity contribution is -0.161. The van der Waals surface area contributed by atoms with Gasteiger partial charge in [-0.15, -0.1) is 0 Å². The molecule has 0 spiro atoms. The molecule has 11 heavy (non-hydrogen) atoms. The molecule has 0 aromatic heterocycles. The number of ether oxygens (including phenoxy) is 1. The van der Waals surface area contributed by atoms with Crippen molar-refractivity contribution in [1.29, 1.82) is 0 Å². The number of hydrogen-bond donors (Lipinski definition) is 3. The number of hydrogen-bond acceptors (Lipinski definition) is 4. The lowest BCUT2D eigenvalue weighted by atomic mass is 9.94. The van der Waals surface area contributed by atoms with Crippen LogP contribution in [0.2, 0.25) is 0 Å². The van der Waals surface area contributed by atoms with Gasteiger partial charge in [-0.25, -0.2) is 0 Å². The third-order valence-electron chi connectivity index (χ3n) is 2.28. The van der Waals surface area contributed by atoms with E-state index in [1.54, 1.807) is 13.8 Å². The molecule has 1 aliphatic rings. The van der Waals surface area contributed by atoms with Gasteiger partial charge in [0.2, 0.25) is 0 Å². The molecule has 1 aliphatic heterocycles. The Kier molecular flexibility index (Phi) is 2.20. The fourth-order valence-electron chi connectivity index (χ4n) is 1.30. The second-order valence-electron chi connectivity index (χ2n) is 3.28. The molecule has 0 bridgehead atoms. The van der Waals surface area contributed by atoms with E-state index in [1.807, 2.05) is 0 Å². The summed E-state index contributed by atoms with van der Waals surface area (Å²) in [5.41, 5.74) is -1.00.